The maximum Gasteiger partial charge on any atom is 0.254 e. The molecule has 2 fully saturated rings. The molecular weight excluding hydrogens is 359 g/mol. The van der Waals surface area contributed by atoms with Crippen LogP contribution in [0.1, 0.15) is 41.6 Å². The number of rotatable bonds is 4. The summed E-state index contributed by atoms with van der Waals surface area (Å²) < 4.78 is 24.8. The van der Waals surface area contributed by atoms with Gasteiger partial charge in [0.25, 0.3) is 5.91 Å². The Morgan fingerprint density at radius 2 is 1.82 bits per heavy atom. The molecule has 3 aliphatic rings. The fourth-order valence-electron chi connectivity index (χ4n) is 4.81. The van der Waals surface area contributed by atoms with Crippen molar-refractivity contribution >= 4 is 5.91 Å². The summed E-state index contributed by atoms with van der Waals surface area (Å²) in [6.45, 7) is 1.16. The quantitative estimate of drug-likeness (QED) is 0.880. The first-order valence-electron chi connectivity index (χ1n) is 9.87. The molecular formula is C22H23FN2O3. The molecule has 5 rings (SSSR count). The highest BCUT2D eigenvalue weighted by molar-refractivity contribution is 5.94. The summed E-state index contributed by atoms with van der Waals surface area (Å²) >= 11 is 0. The van der Waals surface area contributed by atoms with Gasteiger partial charge in [-0.1, -0.05) is 18.2 Å². The van der Waals surface area contributed by atoms with Gasteiger partial charge in [-0.3, -0.25) is 9.69 Å². The van der Waals surface area contributed by atoms with Crippen LogP contribution in [0.4, 0.5) is 4.39 Å². The first-order chi connectivity index (χ1) is 13.7. The number of fused-ring (bicyclic) bond motifs is 3. The second-order valence-corrected chi connectivity index (χ2v) is 7.87. The van der Waals surface area contributed by atoms with Gasteiger partial charge in [-0.05, 0) is 55.5 Å². The van der Waals surface area contributed by atoms with Gasteiger partial charge in [0.1, 0.15) is 5.82 Å². The number of piperidine rings is 1. The topological polar surface area (TPSA) is 50.8 Å². The van der Waals surface area contributed by atoms with Crippen LogP contribution in [0.25, 0.3) is 0 Å². The van der Waals surface area contributed by atoms with Crippen LogP contribution < -0.4 is 14.8 Å². The Morgan fingerprint density at radius 1 is 1.07 bits per heavy atom. The third kappa shape index (κ3) is 3.22. The van der Waals surface area contributed by atoms with Gasteiger partial charge in [0.2, 0.25) is 6.79 Å². The number of hydrogen-bond donors (Lipinski definition) is 1. The third-order valence-electron chi connectivity index (χ3n) is 6.14. The van der Waals surface area contributed by atoms with Crippen molar-refractivity contribution in [3.63, 3.8) is 0 Å². The zero-order valence-electron chi connectivity index (χ0n) is 15.6. The Hall–Kier alpha value is -2.60. The highest BCUT2D eigenvalue weighted by Gasteiger charge is 2.41. The second kappa shape index (κ2) is 7.09. The minimum atomic E-state index is -0.469. The highest BCUT2D eigenvalue weighted by atomic mass is 19.1. The largest absolute Gasteiger partial charge is 0.454 e. The molecule has 28 heavy (non-hydrogen) atoms. The first-order valence-corrected chi connectivity index (χ1v) is 9.87. The van der Waals surface area contributed by atoms with Gasteiger partial charge in [-0.15, -0.1) is 0 Å². The number of carbonyl (C=O) groups is 1. The summed E-state index contributed by atoms with van der Waals surface area (Å²) in [5.41, 5.74) is 1.34. The van der Waals surface area contributed by atoms with Gasteiger partial charge in [-0.25, -0.2) is 4.39 Å². The van der Waals surface area contributed by atoms with Crippen molar-refractivity contribution in [2.75, 3.05) is 6.79 Å². The Balaban J connectivity index is 1.24. The maximum atomic E-state index is 13.9. The van der Waals surface area contributed by atoms with Crippen molar-refractivity contribution in [2.45, 2.75) is 50.4 Å². The van der Waals surface area contributed by atoms with Crippen molar-refractivity contribution in [3.8, 4) is 11.5 Å². The smallest absolute Gasteiger partial charge is 0.254 e. The van der Waals surface area contributed by atoms with Crippen LogP contribution in [0.15, 0.2) is 42.5 Å². The minimum absolute atomic E-state index is 0.0950. The van der Waals surface area contributed by atoms with E-state index in [1.54, 1.807) is 12.1 Å². The molecule has 1 N–H and O–H groups in total. The Kier molecular flexibility index (Phi) is 4.43. The average molecular weight is 382 g/mol. The predicted molar refractivity (Wildman–Crippen MR) is 102 cm³/mol. The molecule has 2 bridgehead atoms. The molecule has 146 valence electrons. The molecule has 0 saturated carbocycles. The molecule has 2 aromatic carbocycles. The van der Waals surface area contributed by atoms with E-state index in [4.69, 9.17) is 9.47 Å². The van der Waals surface area contributed by atoms with Gasteiger partial charge in [0.15, 0.2) is 11.5 Å². The molecule has 2 saturated heterocycles. The molecule has 2 unspecified atom stereocenters. The summed E-state index contributed by atoms with van der Waals surface area (Å²) in [5, 5.41) is 3.05. The lowest BCUT2D eigenvalue weighted by Gasteiger charge is -2.39. The number of carbonyl (C=O) groups excluding carboxylic acids is 1. The van der Waals surface area contributed by atoms with Crippen molar-refractivity contribution in [1.82, 2.24) is 10.2 Å². The zero-order chi connectivity index (χ0) is 19.1. The van der Waals surface area contributed by atoms with Crippen molar-refractivity contribution in [2.24, 2.45) is 0 Å². The average Bonchev–Trinajstić information content (AvgIpc) is 3.24. The van der Waals surface area contributed by atoms with Gasteiger partial charge in [0.05, 0.1) is 5.56 Å². The molecule has 0 aliphatic carbocycles. The van der Waals surface area contributed by atoms with Crippen LogP contribution in [0.5, 0.6) is 11.5 Å². The molecule has 3 heterocycles. The van der Waals surface area contributed by atoms with Crippen LogP contribution >= 0.6 is 0 Å². The summed E-state index contributed by atoms with van der Waals surface area (Å²) in [5.74, 6) is 0.841. The first kappa shape index (κ1) is 17.5. The number of halogens is 1. The molecule has 2 aromatic rings. The molecule has 0 aromatic heterocycles. The molecule has 0 radical (unpaired) electrons. The van der Waals surface area contributed by atoms with Gasteiger partial charge in [-0.2, -0.15) is 0 Å². The number of benzene rings is 2. The lowest BCUT2D eigenvalue weighted by atomic mass is 9.96. The van der Waals surface area contributed by atoms with E-state index in [1.165, 1.54) is 17.7 Å². The van der Waals surface area contributed by atoms with Gasteiger partial charge in [0, 0.05) is 24.7 Å². The lowest BCUT2D eigenvalue weighted by molar-refractivity contribution is 0.0824. The van der Waals surface area contributed by atoms with E-state index in [0.29, 0.717) is 12.1 Å². The Labute approximate surface area is 163 Å². The molecule has 2 atom stereocenters. The zero-order valence-corrected chi connectivity index (χ0v) is 15.6. The van der Waals surface area contributed by atoms with E-state index in [0.717, 1.165) is 43.7 Å². The molecule has 1 amide bonds. The van der Waals surface area contributed by atoms with E-state index in [1.807, 2.05) is 6.07 Å². The number of nitrogens with zero attached hydrogens (tertiary/aromatic N) is 1. The molecule has 0 spiro atoms. The Bertz CT molecular complexity index is 889. The maximum absolute atomic E-state index is 13.9. The monoisotopic (exact) mass is 382 g/mol. The van der Waals surface area contributed by atoms with Crippen molar-refractivity contribution in [3.05, 3.63) is 59.4 Å². The molecule has 6 heteroatoms. The Morgan fingerprint density at radius 3 is 2.61 bits per heavy atom. The minimum Gasteiger partial charge on any atom is -0.454 e. The number of hydrogen-bond acceptors (Lipinski definition) is 4. The van der Waals surface area contributed by atoms with E-state index >= 15 is 0 Å². The highest BCUT2D eigenvalue weighted by Crippen LogP contribution is 2.38. The van der Waals surface area contributed by atoms with Crippen LogP contribution in [-0.2, 0) is 6.54 Å². The fourth-order valence-corrected chi connectivity index (χ4v) is 4.81. The summed E-state index contributed by atoms with van der Waals surface area (Å²) in [6.07, 6.45) is 4.09. The van der Waals surface area contributed by atoms with E-state index in [2.05, 4.69) is 22.3 Å². The lowest BCUT2D eigenvalue weighted by Crippen LogP contribution is -2.50. The fraction of sp³-hybridized carbons (Fsp3) is 0.409. The number of amides is 1. The SMILES string of the molecule is O=C(NC1CC2CCC(C1)N2Cc1ccc2c(c1)OCO2)c1ccccc1F. The van der Waals surface area contributed by atoms with Crippen molar-refractivity contribution < 1.29 is 18.7 Å². The van der Waals surface area contributed by atoms with Crippen LogP contribution in [0.2, 0.25) is 0 Å². The predicted octanol–water partition coefficient (Wildman–Crippen LogP) is 3.48. The number of nitrogens with one attached hydrogen (secondary N) is 1. The normalized spacial score (nSPS) is 25.7. The third-order valence-corrected chi connectivity index (χ3v) is 6.14. The van der Waals surface area contributed by atoms with Gasteiger partial charge < -0.3 is 14.8 Å². The van der Waals surface area contributed by atoms with Crippen LogP contribution in [-0.4, -0.2) is 35.7 Å². The van der Waals surface area contributed by atoms with Crippen LogP contribution in [0.3, 0.4) is 0 Å². The van der Waals surface area contributed by atoms with E-state index < -0.39 is 5.82 Å². The second-order valence-electron chi connectivity index (χ2n) is 7.87. The van der Waals surface area contributed by atoms with E-state index in [9.17, 15) is 9.18 Å². The standard InChI is InChI=1S/C22H23FN2O3/c23-19-4-2-1-3-18(19)22(26)24-15-10-16-6-7-17(11-15)25(16)12-14-5-8-20-21(9-14)28-13-27-20/h1-5,8-9,15-17H,6-7,10-13H2,(H,24,26). The van der Waals surface area contributed by atoms with Crippen molar-refractivity contribution in [1.29, 1.82) is 0 Å². The molecule has 3 aliphatic heterocycles. The van der Waals surface area contributed by atoms with Crippen LogP contribution in [0, 0.1) is 5.82 Å². The van der Waals surface area contributed by atoms with Gasteiger partial charge >= 0.3 is 0 Å². The summed E-state index contributed by atoms with van der Waals surface area (Å²) in [6, 6.07) is 13.3. The van der Waals surface area contributed by atoms with E-state index in [-0.39, 0.29) is 24.3 Å². The number of ether oxygens (including phenoxy) is 2. The molecule has 5 nitrogen and oxygen atoms in total. The summed E-state index contributed by atoms with van der Waals surface area (Å²) in [4.78, 5) is 15.0. The summed E-state index contributed by atoms with van der Waals surface area (Å²) in [7, 11) is 0.